The van der Waals surface area contributed by atoms with Gasteiger partial charge in [0.2, 0.25) is 0 Å². The van der Waals surface area contributed by atoms with Crippen molar-refractivity contribution in [3.8, 4) is 11.5 Å². The average Bonchev–Trinajstić information content (AvgIpc) is 2.39. The smallest absolute Gasteiger partial charge is 0.269 e. The molecule has 0 spiro atoms. The van der Waals surface area contributed by atoms with Crippen LogP contribution in [-0.2, 0) is 0 Å². The number of non-ortho nitro benzene ring substituents is 1. The highest BCUT2D eigenvalue weighted by Gasteiger charge is 2.08. The molecule has 3 N–H and O–H groups in total. The van der Waals surface area contributed by atoms with E-state index in [9.17, 15) is 10.1 Å². The molecule has 19 heavy (non-hydrogen) atoms. The Kier molecular flexibility index (Phi) is 3.42. The molecule has 0 unspecified atom stereocenters. The Morgan fingerprint density at radius 1 is 1.16 bits per heavy atom. The maximum Gasteiger partial charge on any atom is 0.269 e. The summed E-state index contributed by atoms with van der Waals surface area (Å²) in [6, 6.07) is 12.6. The van der Waals surface area contributed by atoms with E-state index in [0.717, 1.165) is 0 Å². The van der Waals surface area contributed by atoms with Gasteiger partial charge >= 0.3 is 0 Å². The standard InChI is InChI=1S/C13H11N3O3/c14-13(15)11-3-1-2-4-12(11)19-10-7-5-9(6-8-10)16(17)18/h1-8H,(H3,14,15). The number of nitrogens with one attached hydrogen (secondary N) is 1. The summed E-state index contributed by atoms with van der Waals surface area (Å²) in [6.45, 7) is 0. The zero-order valence-corrected chi connectivity index (χ0v) is 9.87. The summed E-state index contributed by atoms with van der Waals surface area (Å²) in [4.78, 5) is 10.1. The van der Waals surface area contributed by atoms with Crippen LogP contribution in [0.25, 0.3) is 0 Å². The van der Waals surface area contributed by atoms with E-state index in [-0.39, 0.29) is 11.5 Å². The SMILES string of the molecule is N=C(N)c1ccccc1Oc1ccc([N+](=O)[O-])cc1. The Bertz CT molecular complexity index is 623. The first-order valence-corrected chi connectivity index (χ1v) is 5.43. The van der Waals surface area contributed by atoms with E-state index in [1.165, 1.54) is 24.3 Å². The number of nitrogens with two attached hydrogens (primary N) is 1. The summed E-state index contributed by atoms with van der Waals surface area (Å²) in [6.07, 6.45) is 0. The first-order chi connectivity index (χ1) is 9.08. The van der Waals surface area contributed by atoms with Crippen LogP contribution in [0.15, 0.2) is 48.5 Å². The predicted octanol–water partition coefficient (Wildman–Crippen LogP) is 2.67. The fraction of sp³-hybridized carbons (Fsp3) is 0. The minimum Gasteiger partial charge on any atom is -0.457 e. The Morgan fingerprint density at radius 2 is 1.79 bits per heavy atom. The van der Waals surface area contributed by atoms with Crippen LogP contribution in [0.3, 0.4) is 0 Å². The lowest BCUT2D eigenvalue weighted by atomic mass is 10.2. The lowest BCUT2D eigenvalue weighted by Crippen LogP contribution is -2.12. The number of nitrogens with zero attached hydrogens (tertiary/aromatic N) is 1. The number of para-hydroxylation sites is 1. The van der Waals surface area contributed by atoms with Gasteiger partial charge < -0.3 is 10.5 Å². The molecule has 2 aromatic carbocycles. The van der Waals surface area contributed by atoms with Gasteiger partial charge in [-0.25, -0.2) is 0 Å². The monoisotopic (exact) mass is 257 g/mol. The molecule has 0 aliphatic heterocycles. The molecule has 0 heterocycles. The molecule has 0 fully saturated rings. The number of ether oxygens (including phenoxy) is 1. The topological polar surface area (TPSA) is 102 Å². The highest BCUT2D eigenvalue weighted by Crippen LogP contribution is 2.26. The van der Waals surface area contributed by atoms with Crippen molar-refractivity contribution in [2.45, 2.75) is 0 Å². The van der Waals surface area contributed by atoms with Crippen LogP contribution in [0.5, 0.6) is 11.5 Å². The van der Waals surface area contributed by atoms with Crippen molar-refractivity contribution in [1.82, 2.24) is 0 Å². The van der Waals surface area contributed by atoms with E-state index in [1.54, 1.807) is 24.3 Å². The number of amidine groups is 1. The van der Waals surface area contributed by atoms with Gasteiger partial charge in [-0.2, -0.15) is 0 Å². The van der Waals surface area contributed by atoms with Gasteiger partial charge in [-0.1, -0.05) is 12.1 Å². The van der Waals surface area contributed by atoms with Crippen molar-refractivity contribution in [2.75, 3.05) is 0 Å². The van der Waals surface area contributed by atoms with Crippen LogP contribution < -0.4 is 10.5 Å². The number of rotatable bonds is 4. The Labute approximate surface area is 109 Å². The second kappa shape index (κ2) is 5.18. The van der Waals surface area contributed by atoms with Gasteiger partial charge in [0.25, 0.3) is 5.69 Å². The Morgan fingerprint density at radius 3 is 2.37 bits per heavy atom. The summed E-state index contributed by atoms with van der Waals surface area (Å²) in [5, 5.41) is 18.0. The number of nitro benzene ring substituents is 1. The van der Waals surface area contributed by atoms with E-state index < -0.39 is 4.92 Å². The van der Waals surface area contributed by atoms with Gasteiger partial charge in [-0.15, -0.1) is 0 Å². The molecule has 6 heteroatoms. The normalized spacial score (nSPS) is 9.89. The van der Waals surface area contributed by atoms with Crippen LogP contribution >= 0.6 is 0 Å². The summed E-state index contributed by atoms with van der Waals surface area (Å²) in [5.41, 5.74) is 5.91. The first-order valence-electron chi connectivity index (χ1n) is 5.43. The van der Waals surface area contributed by atoms with Gasteiger partial charge in [0, 0.05) is 12.1 Å². The van der Waals surface area contributed by atoms with Crippen LogP contribution in [0.4, 0.5) is 5.69 Å². The highest BCUT2D eigenvalue weighted by molar-refractivity contribution is 5.97. The molecule has 2 rings (SSSR count). The fourth-order valence-electron chi connectivity index (χ4n) is 1.54. The molecule has 0 aromatic heterocycles. The van der Waals surface area contributed by atoms with Crippen molar-refractivity contribution in [2.24, 2.45) is 5.73 Å². The molecule has 0 saturated heterocycles. The maximum atomic E-state index is 10.5. The van der Waals surface area contributed by atoms with Crippen LogP contribution in [0, 0.1) is 15.5 Å². The van der Waals surface area contributed by atoms with Gasteiger partial charge in [0.15, 0.2) is 0 Å². The minimum atomic E-state index is -0.479. The zero-order valence-electron chi connectivity index (χ0n) is 9.87. The number of hydrogen-bond acceptors (Lipinski definition) is 4. The lowest BCUT2D eigenvalue weighted by molar-refractivity contribution is -0.384. The van der Waals surface area contributed by atoms with E-state index >= 15 is 0 Å². The summed E-state index contributed by atoms with van der Waals surface area (Å²) >= 11 is 0. The molecule has 0 atom stereocenters. The molecular formula is C13H11N3O3. The van der Waals surface area contributed by atoms with Crippen molar-refractivity contribution in [3.63, 3.8) is 0 Å². The summed E-state index contributed by atoms with van der Waals surface area (Å²) in [7, 11) is 0. The van der Waals surface area contributed by atoms with Crippen molar-refractivity contribution >= 4 is 11.5 Å². The van der Waals surface area contributed by atoms with Gasteiger partial charge in [0.05, 0.1) is 10.5 Å². The predicted molar refractivity (Wildman–Crippen MR) is 70.6 cm³/mol. The van der Waals surface area contributed by atoms with Crippen molar-refractivity contribution < 1.29 is 9.66 Å². The molecular weight excluding hydrogens is 246 g/mol. The third-order valence-electron chi connectivity index (χ3n) is 2.45. The molecule has 0 amide bonds. The van der Waals surface area contributed by atoms with E-state index in [2.05, 4.69) is 0 Å². The second-order valence-electron chi connectivity index (χ2n) is 3.76. The number of nitro groups is 1. The van der Waals surface area contributed by atoms with E-state index in [4.69, 9.17) is 15.9 Å². The summed E-state index contributed by atoms with van der Waals surface area (Å²) < 4.78 is 5.56. The van der Waals surface area contributed by atoms with E-state index in [1.807, 2.05) is 0 Å². The molecule has 0 aliphatic carbocycles. The van der Waals surface area contributed by atoms with Gasteiger partial charge in [-0.3, -0.25) is 15.5 Å². The highest BCUT2D eigenvalue weighted by atomic mass is 16.6. The number of hydrogen-bond donors (Lipinski definition) is 2. The first kappa shape index (κ1) is 12.6. The van der Waals surface area contributed by atoms with Crippen molar-refractivity contribution in [3.05, 3.63) is 64.2 Å². The minimum absolute atomic E-state index is 0.00722. The lowest BCUT2D eigenvalue weighted by Gasteiger charge is -2.09. The maximum absolute atomic E-state index is 10.5. The molecule has 0 aliphatic rings. The van der Waals surface area contributed by atoms with Crippen LogP contribution in [0.2, 0.25) is 0 Å². The second-order valence-corrected chi connectivity index (χ2v) is 3.76. The molecule has 0 bridgehead atoms. The average molecular weight is 257 g/mol. The number of nitrogen functional groups attached to an aromatic ring is 1. The van der Waals surface area contributed by atoms with Gasteiger partial charge in [0.1, 0.15) is 17.3 Å². The molecule has 0 radical (unpaired) electrons. The van der Waals surface area contributed by atoms with Crippen LogP contribution in [-0.4, -0.2) is 10.8 Å². The molecule has 96 valence electrons. The van der Waals surface area contributed by atoms with Crippen LogP contribution in [0.1, 0.15) is 5.56 Å². The Hall–Kier alpha value is -2.89. The Balaban J connectivity index is 2.26. The third-order valence-corrected chi connectivity index (χ3v) is 2.45. The largest absolute Gasteiger partial charge is 0.457 e. The van der Waals surface area contributed by atoms with Crippen molar-refractivity contribution in [1.29, 1.82) is 5.41 Å². The molecule has 6 nitrogen and oxygen atoms in total. The number of benzene rings is 2. The molecule has 0 saturated carbocycles. The third kappa shape index (κ3) is 2.86. The molecule has 2 aromatic rings. The zero-order chi connectivity index (χ0) is 13.8. The van der Waals surface area contributed by atoms with Gasteiger partial charge in [-0.05, 0) is 24.3 Å². The fourth-order valence-corrected chi connectivity index (χ4v) is 1.54. The quantitative estimate of drug-likeness (QED) is 0.380. The van der Waals surface area contributed by atoms with E-state index in [0.29, 0.717) is 17.1 Å². The summed E-state index contributed by atoms with van der Waals surface area (Å²) in [5.74, 6) is 0.778.